The lowest BCUT2D eigenvalue weighted by atomic mass is 10.1. The Bertz CT molecular complexity index is 1040. The van der Waals surface area contributed by atoms with Gasteiger partial charge in [-0.3, -0.25) is 9.59 Å². The first-order valence-electron chi connectivity index (χ1n) is 10.5. The fraction of sp³-hybridized carbons (Fsp3) is 0.375. The molecule has 0 N–H and O–H groups in total. The van der Waals surface area contributed by atoms with Crippen molar-refractivity contribution in [2.45, 2.75) is 45.3 Å². The molecule has 4 rings (SSSR count). The number of likely N-dealkylation sites (tertiary alicyclic amines) is 1. The van der Waals surface area contributed by atoms with Crippen LogP contribution in [0.4, 0.5) is 0 Å². The van der Waals surface area contributed by atoms with Crippen LogP contribution >= 0.6 is 0 Å². The molecule has 0 spiro atoms. The standard InChI is InChI=1S/C24H27N3O3/c1-17(2)30-23(29)16-27-21-11-7-6-10-20(21)25-24(27)19-14-22(28)26(15-19)13-12-18-8-4-3-5-9-18/h3-11,17,19H,12-16H2,1-2H3/t19-/m1/s1. The van der Waals surface area contributed by atoms with Crippen molar-refractivity contribution in [2.24, 2.45) is 0 Å². The first kappa shape index (κ1) is 20.1. The quantitative estimate of drug-likeness (QED) is 0.564. The second kappa shape index (κ2) is 8.69. The molecule has 0 aliphatic carbocycles. The average molecular weight is 405 g/mol. The number of imidazole rings is 1. The van der Waals surface area contributed by atoms with E-state index in [4.69, 9.17) is 9.72 Å². The maximum Gasteiger partial charge on any atom is 0.326 e. The van der Waals surface area contributed by atoms with Gasteiger partial charge in [0.1, 0.15) is 12.4 Å². The van der Waals surface area contributed by atoms with E-state index in [-0.39, 0.29) is 30.4 Å². The molecule has 1 fully saturated rings. The first-order chi connectivity index (χ1) is 14.5. The Kier molecular flexibility index (Phi) is 5.84. The third kappa shape index (κ3) is 4.37. The molecule has 0 saturated carbocycles. The Labute approximate surface area is 176 Å². The average Bonchev–Trinajstić information content (AvgIpc) is 3.27. The van der Waals surface area contributed by atoms with Crippen LogP contribution in [-0.2, 0) is 27.3 Å². The van der Waals surface area contributed by atoms with Gasteiger partial charge >= 0.3 is 5.97 Å². The van der Waals surface area contributed by atoms with Crippen LogP contribution in [0.5, 0.6) is 0 Å². The number of hydrogen-bond acceptors (Lipinski definition) is 4. The molecule has 1 saturated heterocycles. The van der Waals surface area contributed by atoms with E-state index >= 15 is 0 Å². The molecule has 1 aliphatic heterocycles. The van der Waals surface area contributed by atoms with E-state index in [2.05, 4.69) is 12.1 Å². The number of hydrogen-bond donors (Lipinski definition) is 0. The summed E-state index contributed by atoms with van der Waals surface area (Å²) in [6.07, 6.45) is 1.07. The summed E-state index contributed by atoms with van der Waals surface area (Å²) >= 11 is 0. The number of rotatable bonds is 7. The van der Waals surface area contributed by atoms with Crippen molar-refractivity contribution >= 4 is 22.9 Å². The van der Waals surface area contributed by atoms with Crippen LogP contribution in [0.25, 0.3) is 11.0 Å². The minimum absolute atomic E-state index is 0.0347. The van der Waals surface area contributed by atoms with Gasteiger partial charge in [-0.25, -0.2) is 4.98 Å². The summed E-state index contributed by atoms with van der Waals surface area (Å²) in [6.45, 7) is 5.09. The van der Waals surface area contributed by atoms with Crippen LogP contribution in [0.15, 0.2) is 54.6 Å². The third-order valence-corrected chi connectivity index (χ3v) is 5.43. The van der Waals surface area contributed by atoms with E-state index < -0.39 is 0 Å². The highest BCUT2D eigenvalue weighted by molar-refractivity contribution is 5.82. The van der Waals surface area contributed by atoms with Crippen molar-refractivity contribution in [1.29, 1.82) is 0 Å². The molecule has 156 valence electrons. The number of benzene rings is 2. The molecule has 30 heavy (non-hydrogen) atoms. The largest absolute Gasteiger partial charge is 0.462 e. The highest BCUT2D eigenvalue weighted by Gasteiger charge is 2.34. The van der Waals surface area contributed by atoms with Crippen molar-refractivity contribution in [1.82, 2.24) is 14.5 Å². The van der Waals surface area contributed by atoms with E-state index in [1.165, 1.54) is 5.56 Å². The molecule has 6 heteroatoms. The van der Waals surface area contributed by atoms with Crippen molar-refractivity contribution in [2.75, 3.05) is 13.1 Å². The summed E-state index contributed by atoms with van der Waals surface area (Å²) in [6, 6.07) is 18.0. The Balaban J connectivity index is 1.54. The number of esters is 1. The third-order valence-electron chi connectivity index (χ3n) is 5.43. The molecule has 0 unspecified atom stereocenters. The SMILES string of the molecule is CC(C)OC(=O)Cn1c([C@@H]2CC(=O)N(CCc3ccccc3)C2)nc2ccccc21. The normalized spacial score (nSPS) is 16.6. The Morgan fingerprint density at radius 2 is 1.87 bits per heavy atom. The number of fused-ring (bicyclic) bond motifs is 1. The van der Waals surface area contributed by atoms with Gasteiger partial charge in [-0.1, -0.05) is 42.5 Å². The molecule has 1 atom stereocenters. The number of ether oxygens (including phenoxy) is 1. The molecular formula is C24H27N3O3. The maximum absolute atomic E-state index is 12.7. The number of para-hydroxylation sites is 2. The zero-order chi connectivity index (χ0) is 21.1. The lowest BCUT2D eigenvalue weighted by Gasteiger charge is -2.17. The smallest absolute Gasteiger partial charge is 0.326 e. The van der Waals surface area contributed by atoms with E-state index in [0.29, 0.717) is 19.5 Å². The summed E-state index contributed by atoms with van der Waals surface area (Å²) in [5.74, 6) is 0.596. The molecule has 1 aliphatic rings. The van der Waals surface area contributed by atoms with Gasteiger partial charge in [0.25, 0.3) is 0 Å². The predicted molar refractivity (Wildman–Crippen MR) is 115 cm³/mol. The topological polar surface area (TPSA) is 64.4 Å². The van der Waals surface area contributed by atoms with E-state index in [0.717, 1.165) is 23.3 Å². The van der Waals surface area contributed by atoms with Gasteiger partial charge in [-0.05, 0) is 38.0 Å². The maximum atomic E-state index is 12.7. The zero-order valence-electron chi connectivity index (χ0n) is 17.5. The van der Waals surface area contributed by atoms with Crippen LogP contribution in [-0.4, -0.2) is 45.5 Å². The molecule has 6 nitrogen and oxygen atoms in total. The lowest BCUT2D eigenvalue weighted by Crippen LogP contribution is -2.27. The Hall–Kier alpha value is -3.15. The van der Waals surface area contributed by atoms with Crippen molar-refractivity contribution in [3.63, 3.8) is 0 Å². The van der Waals surface area contributed by atoms with E-state index in [1.807, 2.05) is 65.8 Å². The molecule has 1 aromatic heterocycles. The molecule has 3 aromatic rings. The van der Waals surface area contributed by atoms with Gasteiger partial charge in [0, 0.05) is 25.4 Å². The zero-order valence-corrected chi connectivity index (χ0v) is 17.5. The summed E-state index contributed by atoms with van der Waals surface area (Å²) in [7, 11) is 0. The molecule has 1 amide bonds. The van der Waals surface area contributed by atoms with Gasteiger partial charge < -0.3 is 14.2 Å². The van der Waals surface area contributed by atoms with Gasteiger partial charge in [0.05, 0.1) is 17.1 Å². The second-order valence-electron chi connectivity index (χ2n) is 8.06. The van der Waals surface area contributed by atoms with Crippen molar-refractivity contribution < 1.29 is 14.3 Å². The van der Waals surface area contributed by atoms with Crippen molar-refractivity contribution in [3.8, 4) is 0 Å². The lowest BCUT2D eigenvalue weighted by molar-refractivity contribution is -0.148. The summed E-state index contributed by atoms with van der Waals surface area (Å²) < 4.78 is 7.27. The summed E-state index contributed by atoms with van der Waals surface area (Å²) in [5, 5.41) is 0. The van der Waals surface area contributed by atoms with Crippen LogP contribution in [0.3, 0.4) is 0 Å². The van der Waals surface area contributed by atoms with Gasteiger partial charge in [-0.2, -0.15) is 0 Å². The molecule has 2 heterocycles. The Morgan fingerprint density at radius 1 is 1.13 bits per heavy atom. The van der Waals surface area contributed by atoms with Crippen LogP contribution < -0.4 is 0 Å². The number of nitrogens with zero attached hydrogens (tertiary/aromatic N) is 3. The summed E-state index contributed by atoms with van der Waals surface area (Å²) in [4.78, 5) is 31.7. The first-order valence-corrected chi connectivity index (χ1v) is 10.5. The molecule has 2 aromatic carbocycles. The summed E-state index contributed by atoms with van der Waals surface area (Å²) in [5.41, 5.74) is 2.95. The number of aromatic nitrogens is 2. The highest BCUT2D eigenvalue weighted by Crippen LogP contribution is 2.30. The van der Waals surface area contributed by atoms with E-state index in [1.54, 1.807) is 0 Å². The van der Waals surface area contributed by atoms with Gasteiger partial charge in [-0.15, -0.1) is 0 Å². The number of carbonyl (C=O) groups excluding carboxylic acids is 2. The number of amides is 1. The Morgan fingerprint density at radius 3 is 2.63 bits per heavy atom. The monoisotopic (exact) mass is 405 g/mol. The van der Waals surface area contributed by atoms with Crippen LogP contribution in [0.1, 0.15) is 37.6 Å². The fourth-order valence-electron chi connectivity index (χ4n) is 4.07. The van der Waals surface area contributed by atoms with Gasteiger partial charge in [0.15, 0.2) is 0 Å². The predicted octanol–water partition coefficient (Wildman–Crippen LogP) is 3.55. The van der Waals surface area contributed by atoms with Gasteiger partial charge in [0.2, 0.25) is 5.91 Å². The molecule has 0 bridgehead atoms. The van der Waals surface area contributed by atoms with E-state index in [9.17, 15) is 9.59 Å². The second-order valence-corrected chi connectivity index (χ2v) is 8.06. The molecular weight excluding hydrogens is 378 g/mol. The number of carbonyl (C=O) groups is 2. The van der Waals surface area contributed by atoms with Crippen molar-refractivity contribution in [3.05, 3.63) is 66.0 Å². The highest BCUT2D eigenvalue weighted by atomic mass is 16.5. The minimum Gasteiger partial charge on any atom is -0.462 e. The van der Waals surface area contributed by atoms with Crippen LogP contribution in [0, 0.1) is 0 Å². The fourth-order valence-corrected chi connectivity index (χ4v) is 4.07. The minimum atomic E-state index is -0.292. The van der Waals surface area contributed by atoms with Crippen LogP contribution in [0.2, 0.25) is 0 Å². The molecule has 0 radical (unpaired) electrons.